The summed E-state index contributed by atoms with van der Waals surface area (Å²) >= 11 is 7.48. The molecule has 2 aromatic rings. The number of nitrogens with zero attached hydrogens (tertiary/aromatic N) is 1. The minimum absolute atomic E-state index is 0.0174. The molecule has 9 heteroatoms. The Kier molecular flexibility index (Phi) is 5.45. The number of ether oxygens (including phenoxy) is 1. The summed E-state index contributed by atoms with van der Waals surface area (Å²) in [5.41, 5.74) is 0.382. The number of carbonyl (C=O) groups excluding carboxylic acids is 1. The van der Waals surface area contributed by atoms with Crippen LogP contribution >= 0.6 is 22.9 Å². The number of rotatable bonds is 4. The summed E-state index contributed by atoms with van der Waals surface area (Å²) < 4.78 is 32.1. The van der Waals surface area contributed by atoms with Crippen LogP contribution in [0.15, 0.2) is 35.2 Å². The fraction of sp³-hybridized carbons (Fsp3) is 0.312. The molecular formula is C16H17ClN2O4S2. The van der Waals surface area contributed by atoms with Crippen molar-refractivity contribution >= 4 is 44.6 Å². The molecule has 6 nitrogen and oxygen atoms in total. The van der Waals surface area contributed by atoms with Gasteiger partial charge in [0.05, 0.1) is 23.1 Å². The lowest BCUT2D eigenvalue weighted by Crippen LogP contribution is -2.40. The second-order valence-corrected chi connectivity index (χ2v) is 9.13. The van der Waals surface area contributed by atoms with Gasteiger partial charge in [-0.05, 0) is 37.3 Å². The average molecular weight is 401 g/mol. The molecule has 1 aromatic heterocycles. The molecule has 0 aliphatic carbocycles. The average Bonchev–Trinajstić information content (AvgIpc) is 3.04. The van der Waals surface area contributed by atoms with Crippen molar-refractivity contribution in [3.8, 4) is 0 Å². The topological polar surface area (TPSA) is 75.7 Å². The van der Waals surface area contributed by atoms with Crippen molar-refractivity contribution < 1.29 is 17.9 Å². The fourth-order valence-electron chi connectivity index (χ4n) is 2.45. The first kappa shape index (κ1) is 18.3. The van der Waals surface area contributed by atoms with Gasteiger partial charge in [0.15, 0.2) is 0 Å². The van der Waals surface area contributed by atoms with E-state index in [1.165, 1.54) is 27.8 Å². The number of nitrogens with one attached hydrogen (secondary N) is 1. The Morgan fingerprint density at radius 1 is 1.24 bits per heavy atom. The Balaban J connectivity index is 1.86. The zero-order valence-corrected chi connectivity index (χ0v) is 15.9. The molecule has 1 aliphatic heterocycles. The summed E-state index contributed by atoms with van der Waals surface area (Å²) in [6, 6.07) is 8.04. The van der Waals surface area contributed by atoms with Crippen molar-refractivity contribution in [3.63, 3.8) is 0 Å². The fourth-order valence-corrected chi connectivity index (χ4v) is 5.13. The van der Waals surface area contributed by atoms with E-state index in [1.807, 2.05) is 13.0 Å². The summed E-state index contributed by atoms with van der Waals surface area (Å²) in [5.74, 6) is -0.282. The molecule has 0 saturated carbocycles. The molecule has 0 bridgehead atoms. The number of hydrogen-bond donors (Lipinski definition) is 1. The number of anilines is 1. The lowest BCUT2D eigenvalue weighted by atomic mass is 10.3. The van der Waals surface area contributed by atoms with Crippen LogP contribution in [0.2, 0.25) is 5.02 Å². The third-order valence-corrected chi connectivity index (χ3v) is 7.12. The van der Waals surface area contributed by atoms with Crippen LogP contribution in [0.4, 0.5) is 5.69 Å². The van der Waals surface area contributed by atoms with Crippen LogP contribution in [0.3, 0.4) is 0 Å². The quantitative estimate of drug-likeness (QED) is 0.856. The predicted molar refractivity (Wildman–Crippen MR) is 98.0 cm³/mol. The molecule has 1 aromatic carbocycles. The molecule has 0 unspecified atom stereocenters. The smallest absolute Gasteiger partial charge is 0.265 e. The first-order valence-corrected chi connectivity index (χ1v) is 10.3. The second kappa shape index (κ2) is 7.43. The van der Waals surface area contributed by atoms with Gasteiger partial charge in [-0.15, -0.1) is 11.3 Å². The maximum Gasteiger partial charge on any atom is 0.265 e. The molecular weight excluding hydrogens is 384 g/mol. The molecule has 1 N–H and O–H groups in total. The first-order valence-electron chi connectivity index (χ1n) is 7.63. The highest BCUT2D eigenvalue weighted by atomic mass is 35.5. The van der Waals surface area contributed by atoms with Crippen LogP contribution in [0, 0.1) is 6.92 Å². The van der Waals surface area contributed by atoms with Crippen molar-refractivity contribution in [3.05, 3.63) is 45.1 Å². The van der Waals surface area contributed by atoms with Gasteiger partial charge >= 0.3 is 0 Å². The van der Waals surface area contributed by atoms with Gasteiger partial charge in [0.1, 0.15) is 4.90 Å². The van der Waals surface area contributed by atoms with E-state index >= 15 is 0 Å². The van der Waals surface area contributed by atoms with Crippen LogP contribution in [0.1, 0.15) is 14.5 Å². The number of carbonyl (C=O) groups is 1. The Hall–Kier alpha value is -1.45. The van der Waals surface area contributed by atoms with Crippen LogP contribution in [-0.4, -0.2) is 44.9 Å². The normalized spacial score (nSPS) is 15.9. The van der Waals surface area contributed by atoms with Crippen molar-refractivity contribution in [1.29, 1.82) is 0 Å². The van der Waals surface area contributed by atoms with E-state index in [0.717, 1.165) is 4.88 Å². The third kappa shape index (κ3) is 4.04. The van der Waals surface area contributed by atoms with E-state index in [0.29, 0.717) is 23.8 Å². The minimum Gasteiger partial charge on any atom is -0.379 e. The molecule has 3 rings (SSSR count). The molecule has 0 spiro atoms. The van der Waals surface area contributed by atoms with Gasteiger partial charge in [-0.1, -0.05) is 11.6 Å². The van der Waals surface area contributed by atoms with E-state index in [2.05, 4.69) is 5.32 Å². The predicted octanol–water partition coefficient (Wildman–Crippen LogP) is 2.98. The number of aryl methyl sites for hydroxylation is 1. The zero-order chi connectivity index (χ0) is 18.0. The molecule has 25 heavy (non-hydrogen) atoms. The molecule has 1 amide bonds. The Labute approximate surface area is 155 Å². The maximum atomic E-state index is 12.8. The molecule has 0 atom stereocenters. The number of thiophene rings is 1. The van der Waals surface area contributed by atoms with E-state index in [-0.39, 0.29) is 28.9 Å². The zero-order valence-electron chi connectivity index (χ0n) is 13.5. The lowest BCUT2D eigenvalue weighted by Gasteiger charge is -2.26. The van der Waals surface area contributed by atoms with Gasteiger partial charge in [-0.25, -0.2) is 8.42 Å². The number of amides is 1. The van der Waals surface area contributed by atoms with Crippen LogP contribution < -0.4 is 5.32 Å². The lowest BCUT2D eigenvalue weighted by molar-refractivity contribution is 0.0730. The first-order chi connectivity index (χ1) is 11.9. The van der Waals surface area contributed by atoms with E-state index in [9.17, 15) is 13.2 Å². The molecule has 1 aliphatic rings. The van der Waals surface area contributed by atoms with Gasteiger partial charge in [-0.2, -0.15) is 4.31 Å². The maximum absolute atomic E-state index is 12.8. The van der Waals surface area contributed by atoms with Crippen molar-refractivity contribution in [2.45, 2.75) is 11.8 Å². The number of benzene rings is 1. The van der Waals surface area contributed by atoms with Crippen LogP contribution in [-0.2, 0) is 14.8 Å². The molecule has 1 saturated heterocycles. The summed E-state index contributed by atoms with van der Waals surface area (Å²) in [5, 5.41) is 2.84. The standard InChI is InChI=1S/C16H17ClN2O4S2/c1-11-2-5-14(24-11)16(20)18-12-3-4-13(17)15(10-12)25(21,22)19-6-8-23-9-7-19/h2-5,10H,6-9H2,1H3,(H,18,20). The summed E-state index contributed by atoms with van der Waals surface area (Å²) in [7, 11) is -3.74. The van der Waals surface area contributed by atoms with Gasteiger partial charge in [0.2, 0.25) is 10.0 Å². The Bertz CT molecular complexity index is 889. The van der Waals surface area contributed by atoms with Crippen LogP contribution in [0.5, 0.6) is 0 Å². The molecule has 1 fully saturated rings. The van der Waals surface area contributed by atoms with Gasteiger partial charge in [0, 0.05) is 23.7 Å². The highest BCUT2D eigenvalue weighted by Gasteiger charge is 2.28. The summed E-state index contributed by atoms with van der Waals surface area (Å²) in [4.78, 5) is 13.8. The molecule has 134 valence electrons. The number of sulfonamides is 1. The van der Waals surface area contributed by atoms with Crippen LogP contribution in [0.25, 0.3) is 0 Å². The monoisotopic (exact) mass is 400 g/mol. The number of hydrogen-bond acceptors (Lipinski definition) is 5. The Morgan fingerprint density at radius 3 is 2.60 bits per heavy atom. The third-order valence-electron chi connectivity index (χ3n) is 3.74. The minimum atomic E-state index is -3.74. The van der Waals surface area contributed by atoms with E-state index < -0.39 is 10.0 Å². The number of halogens is 1. The SMILES string of the molecule is Cc1ccc(C(=O)Nc2ccc(Cl)c(S(=O)(=O)N3CCOCC3)c2)s1. The van der Waals surface area contributed by atoms with Crippen molar-refractivity contribution in [2.75, 3.05) is 31.6 Å². The molecule has 2 heterocycles. The van der Waals surface area contributed by atoms with Crippen molar-refractivity contribution in [1.82, 2.24) is 4.31 Å². The van der Waals surface area contributed by atoms with Gasteiger partial charge in [-0.3, -0.25) is 4.79 Å². The second-order valence-electron chi connectivity index (χ2n) is 5.53. The Morgan fingerprint density at radius 2 is 1.96 bits per heavy atom. The molecule has 0 radical (unpaired) electrons. The summed E-state index contributed by atoms with van der Waals surface area (Å²) in [6.07, 6.45) is 0. The van der Waals surface area contributed by atoms with Crippen molar-refractivity contribution in [2.24, 2.45) is 0 Å². The summed E-state index contributed by atoms with van der Waals surface area (Å²) in [6.45, 7) is 3.18. The van der Waals surface area contributed by atoms with Gasteiger partial charge < -0.3 is 10.1 Å². The number of morpholine rings is 1. The highest BCUT2D eigenvalue weighted by Crippen LogP contribution is 2.28. The van der Waals surface area contributed by atoms with E-state index in [4.69, 9.17) is 16.3 Å². The van der Waals surface area contributed by atoms with Gasteiger partial charge in [0.25, 0.3) is 5.91 Å². The van der Waals surface area contributed by atoms with E-state index in [1.54, 1.807) is 12.1 Å². The largest absolute Gasteiger partial charge is 0.379 e. The highest BCUT2D eigenvalue weighted by molar-refractivity contribution is 7.89.